The predicted molar refractivity (Wildman–Crippen MR) is 71.6 cm³/mol. The van der Waals surface area contributed by atoms with Gasteiger partial charge in [-0.25, -0.2) is 0 Å². The van der Waals surface area contributed by atoms with Gasteiger partial charge in [0.05, 0.1) is 19.1 Å². The Morgan fingerprint density at radius 2 is 1.89 bits per heavy atom. The van der Waals surface area contributed by atoms with E-state index in [0.717, 1.165) is 25.8 Å². The lowest BCUT2D eigenvalue weighted by Gasteiger charge is -2.36. The third-order valence-electron chi connectivity index (χ3n) is 3.91. The molecule has 0 spiro atoms. The lowest BCUT2D eigenvalue weighted by Crippen LogP contribution is -2.49. The maximum Gasteiger partial charge on any atom is 0.227 e. The van der Waals surface area contributed by atoms with Gasteiger partial charge in [-0.2, -0.15) is 0 Å². The Kier molecular flexibility index (Phi) is 5.19. The second-order valence-electron chi connectivity index (χ2n) is 5.37. The summed E-state index contributed by atoms with van der Waals surface area (Å²) in [5.74, 6) is 0.395. The molecule has 0 saturated carbocycles. The van der Waals surface area contributed by atoms with Gasteiger partial charge in [0.15, 0.2) is 0 Å². The highest BCUT2D eigenvalue weighted by Gasteiger charge is 2.31. The number of nitrogens with zero attached hydrogens (tertiary/aromatic N) is 2. The Balaban J connectivity index is 1.89. The molecule has 108 valence electrons. The number of carbonyl (C=O) groups excluding carboxylic acids is 2. The highest BCUT2D eigenvalue weighted by molar-refractivity contribution is 5.81. The summed E-state index contributed by atoms with van der Waals surface area (Å²) >= 11 is 0. The maximum absolute atomic E-state index is 12.4. The molecule has 0 bridgehead atoms. The van der Waals surface area contributed by atoms with Crippen molar-refractivity contribution in [2.24, 2.45) is 5.92 Å². The Morgan fingerprint density at radius 1 is 1.16 bits per heavy atom. The van der Waals surface area contributed by atoms with Crippen LogP contribution in [0.3, 0.4) is 0 Å². The largest absolute Gasteiger partial charge is 0.378 e. The van der Waals surface area contributed by atoms with Crippen LogP contribution in [-0.2, 0) is 14.3 Å². The van der Waals surface area contributed by atoms with Crippen molar-refractivity contribution in [3.63, 3.8) is 0 Å². The van der Waals surface area contributed by atoms with Crippen molar-refractivity contribution in [2.45, 2.75) is 32.6 Å². The Hall–Kier alpha value is -1.10. The van der Waals surface area contributed by atoms with Crippen LogP contribution in [0.5, 0.6) is 0 Å². The summed E-state index contributed by atoms with van der Waals surface area (Å²) in [4.78, 5) is 28.1. The van der Waals surface area contributed by atoms with Gasteiger partial charge in [0.25, 0.3) is 0 Å². The monoisotopic (exact) mass is 268 g/mol. The van der Waals surface area contributed by atoms with Crippen molar-refractivity contribution in [3.05, 3.63) is 0 Å². The van der Waals surface area contributed by atoms with Gasteiger partial charge in [0, 0.05) is 32.6 Å². The van der Waals surface area contributed by atoms with E-state index in [-0.39, 0.29) is 17.7 Å². The van der Waals surface area contributed by atoms with Gasteiger partial charge in [0.1, 0.15) is 0 Å². The molecule has 0 aliphatic carbocycles. The molecular weight excluding hydrogens is 244 g/mol. The fraction of sp³-hybridized carbons (Fsp3) is 0.857. The highest BCUT2D eigenvalue weighted by atomic mass is 16.5. The van der Waals surface area contributed by atoms with Crippen molar-refractivity contribution in [3.8, 4) is 0 Å². The predicted octanol–water partition coefficient (Wildman–Crippen LogP) is 0.884. The standard InChI is InChI=1S/C14H24N2O3/c1-2-4-13(17)16-6-3-5-12(11-16)14(18)15-7-9-19-10-8-15/h12H,2-11H2,1H3/t12-/m1/s1. The van der Waals surface area contributed by atoms with Crippen LogP contribution in [-0.4, -0.2) is 61.0 Å². The molecule has 2 heterocycles. The molecule has 2 aliphatic heterocycles. The summed E-state index contributed by atoms with van der Waals surface area (Å²) in [5, 5.41) is 0. The molecule has 0 radical (unpaired) electrons. The summed E-state index contributed by atoms with van der Waals surface area (Å²) in [7, 11) is 0. The van der Waals surface area contributed by atoms with Crippen LogP contribution in [0.4, 0.5) is 0 Å². The number of hydrogen-bond acceptors (Lipinski definition) is 3. The van der Waals surface area contributed by atoms with Gasteiger partial charge < -0.3 is 14.5 Å². The fourth-order valence-corrected chi connectivity index (χ4v) is 2.82. The Bertz CT molecular complexity index is 327. The maximum atomic E-state index is 12.4. The number of carbonyl (C=O) groups is 2. The van der Waals surface area contributed by atoms with Crippen LogP contribution in [0.25, 0.3) is 0 Å². The SMILES string of the molecule is CCCC(=O)N1CCC[C@@H](C(=O)N2CCOCC2)C1. The second-order valence-corrected chi connectivity index (χ2v) is 5.37. The van der Waals surface area contributed by atoms with Crippen molar-refractivity contribution < 1.29 is 14.3 Å². The minimum Gasteiger partial charge on any atom is -0.378 e. The van der Waals surface area contributed by atoms with Crippen LogP contribution >= 0.6 is 0 Å². The lowest BCUT2D eigenvalue weighted by atomic mass is 9.96. The van der Waals surface area contributed by atoms with Crippen LogP contribution in [0, 0.1) is 5.92 Å². The molecule has 0 N–H and O–H groups in total. The minimum absolute atomic E-state index is 0.00680. The number of morpholine rings is 1. The molecular formula is C14H24N2O3. The van der Waals surface area contributed by atoms with Gasteiger partial charge in [-0.05, 0) is 19.3 Å². The van der Waals surface area contributed by atoms with Gasteiger partial charge in [-0.15, -0.1) is 0 Å². The molecule has 0 aromatic carbocycles. The van der Waals surface area contributed by atoms with E-state index >= 15 is 0 Å². The number of amides is 2. The Labute approximate surface area is 114 Å². The van der Waals surface area contributed by atoms with E-state index in [1.54, 1.807) is 0 Å². The average Bonchev–Trinajstić information content (AvgIpc) is 2.48. The number of rotatable bonds is 3. The fourth-order valence-electron chi connectivity index (χ4n) is 2.82. The molecule has 2 rings (SSSR count). The third kappa shape index (κ3) is 3.69. The first-order valence-corrected chi connectivity index (χ1v) is 7.36. The molecule has 19 heavy (non-hydrogen) atoms. The summed E-state index contributed by atoms with van der Waals surface area (Å²) < 4.78 is 5.27. The zero-order chi connectivity index (χ0) is 13.7. The van der Waals surface area contributed by atoms with E-state index in [4.69, 9.17) is 4.74 Å². The van der Waals surface area contributed by atoms with Crippen molar-refractivity contribution in [1.82, 2.24) is 9.80 Å². The molecule has 5 heteroatoms. The molecule has 0 aromatic heterocycles. The van der Waals surface area contributed by atoms with Gasteiger partial charge in [0.2, 0.25) is 11.8 Å². The minimum atomic E-state index is -0.00680. The Morgan fingerprint density at radius 3 is 2.58 bits per heavy atom. The molecule has 5 nitrogen and oxygen atoms in total. The molecule has 1 atom stereocenters. The first-order valence-electron chi connectivity index (χ1n) is 7.36. The third-order valence-corrected chi connectivity index (χ3v) is 3.91. The molecule has 0 unspecified atom stereocenters. The first-order chi connectivity index (χ1) is 9.22. The van der Waals surface area contributed by atoms with E-state index in [9.17, 15) is 9.59 Å². The van der Waals surface area contributed by atoms with Crippen LogP contribution in [0.15, 0.2) is 0 Å². The summed E-state index contributed by atoms with van der Waals surface area (Å²) in [6.45, 7) is 6.09. The summed E-state index contributed by atoms with van der Waals surface area (Å²) in [5.41, 5.74) is 0. The van der Waals surface area contributed by atoms with Gasteiger partial charge in [-0.1, -0.05) is 6.92 Å². The van der Waals surface area contributed by atoms with Crippen LogP contribution in [0.2, 0.25) is 0 Å². The number of hydrogen-bond donors (Lipinski definition) is 0. The van der Waals surface area contributed by atoms with E-state index in [1.165, 1.54) is 0 Å². The van der Waals surface area contributed by atoms with Crippen LogP contribution < -0.4 is 0 Å². The lowest BCUT2D eigenvalue weighted by molar-refractivity contribution is -0.144. The topological polar surface area (TPSA) is 49.9 Å². The van der Waals surface area contributed by atoms with Gasteiger partial charge in [-0.3, -0.25) is 9.59 Å². The molecule has 2 saturated heterocycles. The highest BCUT2D eigenvalue weighted by Crippen LogP contribution is 2.20. The first kappa shape index (κ1) is 14.3. The average molecular weight is 268 g/mol. The van der Waals surface area contributed by atoms with Crippen molar-refractivity contribution in [1.29, 1.82) is 0 Å². The number of likely N-dealkylation sites (tertiary alicyclic amines) is 1. The van der Waals surface area contributed by atoms with Crippen molar-refractivity contribution in [2.75, 3.05) is 39.4 Å². The van der Waals surface area contributed by atoms with E-state index < -0.39 is 0 Å². The number of piperidine rings is 1. The molecule has 2 fully saturated rings. The van der Waals surface area contributed by atoms with Gasteiger partial charge >= 0.3 is 0 Å². The number of ether oxygens (including phenoxy) is 1. The van der Waals surface area contributed by atoms with Crippen LogP contribution in [0.1, 0.15) is 32.6 Å². The summed E-state index contributed by atoms with van der Waals surface area (Å²) in [6.07, 6.45) is 3.32. The van der Waals surface area contributed by atoms with E-state index in [0.29, 0.717) is 39.3 Å². The molecule has 2 amide bonds. The normalized spacial score (nSPS) is 24.4. The smallest absolute Gasteiger partial charge is 0.227 e. The van der Waals surface area contributed by atoms with Crippen molar-refractivity contribution >= 4 is 11.8 Å². The molecule has 2 aliphatic rings. The zero-order valence-electron chi connectivity index (χ0n) is 11.8. The quantitative estimate of drug-likeness (QED) is 0.763. The second kappa shape index (κ2) is 6.89. The van der Waals surface area contributed by atoms with E-state index in [2.05, 4.69) is 0 Å². The van der Waals surface area contributed by atoms with E-state index in [1.807, 2.05) is 16.7 Å². The molecule has 0 aromatic rings. The zero-order valence-corrected chi connectivity index (χ0v) is 11.8. The summed E-state index contributed by atoms with van der Waals surface area (Å²) in [6, 6.07) is 0.